The molecule has 0 N–H and O–H groups in total. The Kier molecular flexibility index (Phi) is 2.67. The van der Waals surface area contributed by atoms with Crippen LogP contribution in [0.15, 0.2) is 11.6 Å². The smallest absolute Gasteiger partial charge is 0.349 e. The molecule has 3 rings (SSSR count). The Hall–Kier alpha value is -0.940. The standard InChI is InChI=1S/C14H15ClO2/c1-8(15)14(16)17-7-10-5-9-6-13(10)12-4-2-3-11(9)12/h9-13H,1,3,5-7H2. The average molecular weight is 251 g/mol. The molecule has 0 spiro atoms. The molecule has 0 radical (unpaired) electrons. The highest BCUT2D eigenvalue weighted by molar-refractivity contribution is 6.40. The zero-order chi connectivity index (χ0) is 12.0. The Morgan fingerprint density at radius 1 is 1.41 bits per heavy atom. The van der Waals surface area contributed by atoms with Crippen molar-refractivity contribution in [1.29, 1.82) is 0 Å². The summed E-state index contributed by atoms with van der Waals surface area (Å²) in [7, 11) is 0. The monoisotopic (exact) mass is 250 g/mol. The molecule has 2 bridgehead atoms. The first-order chi connectivity index (χ1) is 8.16. The molecule has 3 heteroatoms. The minimum Gasteiger partial charge on any atom is -0.461 e. The van der Waals surface area contributed by atoms with Crippen molar-refractivity contribution in [2.75, 3.05) is 6.61 Å². The molecule has 0 aromatic carbocycles. The van der Waals surface area contributed by atoms with Crippen molar-refractivity contribution in [3.8, 4) is 11.8 Å². The maximum absolute atomic E-state index is 11.3. The van der Waals surface area contributed by atoms with E-state index in [-0.39, 0.29) is 5.03 Å². The summed E-state index contributed by atoms with van der Waals surface area (Å²) in [4.78, 5) is 11.3. The molecule has 5 atom stereocenters. The molecule has 3 aliphatic carbocycles. The molecular weight excluding hydrogens is 236 g/mol. The van der Waals surface area contributed by atoms with Crippen LogP contribution < -0.4 is 0 Å². The van der Waals surface area contributed by atoms with Crippen LogP contribution in [-0.2, 0) is 9.53 Å². The zero-order valence-corrected chi connectivity index (χ0v) is 10.4. The predicted molar refractivity (Wildman–Crippen MR) is 65.0 cm³/mol. The van der Waals surface area contributed by atoms with Gasteiger partial charge < -0.3 is 4.74 Å². The maximum Gasteiger partial charge on any atom is 0.349 e. The van der Waals surface area contributed by atoms with Gasteiger partial charge in [-0.05, 0) is 36.5 Å². The van der Waals surface area contributed by atoms with Gasteiger partial charge in [0.25, 0.3) is 0 Å². The predicted octanol–water partition coefficient (Wildman–Crippen LogP) is 2.58. The van der Waals surface area contributed by atoms with Crippen LogP contribution in [0.3, 0.4) is 0 Å². The second kappa shape index (κ2) is 4.07. The third-order valence-electron chi connectivity index (χ3n) is 4.57. The SMILES string of the molecule is C=C(Cl)C(=O)OCC1CC2CC1C1C#CCC21. The summed E-state index contributed by atoms with van der Waals surface area (Å²) in [5.41, 5.74) is 0. The van der Waals surface area contributed by atoms with Gasteiger partial charge in [0.2, 0.25) is 0 Å². The van der Waals surface area contributed by atoms with Crippen molar-refractivity contribution in [2.24, 2.45) is 29.6 Å². The van der Waals surface area contributed by atoms with Crippen molar-refractivity contribution in [1.82, 2.24) is 0 Å². The van der Waals surface area contributed by atoms with E-state index in [0.29, 0.717) is 24.4 Å². The second-order valence-electron chi connectivity index (χ2n) is 5.37. The van der Waals surface area contributed by atoms with Gasteiger partial charge in [0.1, 0.15) is 5.03 Å². The van der Waals surface area contributed by atoms with Gasteiger partial charge in [0.15, 0.2) is 0 Å². The van der Waals surface area contributed by atoms with E-state index < -0.39 is 5.97 Å². The van der Waals surface area contributed by atoms with E-state index in [9.17, 15) is 4.79 Å². The maximum atomic E-state index is 11.3. The summed E-state index contributed by atoms with van der Waals surface area (Å²) in [6, 6.07) is 0. The Bertz CT molecular complexity index is 431. The van der Waals surface area contributed by atoms with Crippen molar-refractivity contribution in [3.63, 3.8) is 0 Å². The minimum atomic E-state index is -0.483. The number of carbonyl (C=O) groups is 1. The van der Waals surface area contributed by atoms with E-state index in [1.807, 2.05) is 0 Å². The zero-order valence-electron chi connectivity index (χ0n) is 9.62. The highest BCUT2D eigenvalue weighted by atomic mass is 35.5. The lowest BCUT2D eigenvalue weighted by molar-refractivity contribution is -0.140. The lowest BCUT2D eigenvalue weighted by Gasteiger charge is -2.29. The van der Waals surface area contributed by atoms with Gasteiger partial charge in [-0.2, -0.15) is 0 Å². The second-order valence-corrected chi connectivity index (χ2v) is 5.83. The number of halogens is 1. The molecule has 0 saturated heterocycles. The van der Waals surface area contributed by atoms with E-state index in [4.69, 9.17) is 16.3 Å². The molecule has 0 aliphatic heterocycles. The fourth-order valence-corrected chi connectivity index (χ4v) is 3.91. The van der Waals surface area contributed by atoms with Gasteiger partial charge in [-0.3, -0.25) is 0 Å². The van der Waals surface area contributed by atoms with Gasteiger partial charge in [0, 0.05) is 12.3 Å². The number of fused-ring (bicyclic) bond motifs is 5. The molecule has 17 heavy (non-hydrogen) atoms. The van der Waals surface area contributed by atoms with Crippen molar-refractivity contribution in [2.45, 2.75) is 19.3 Å². The van der Waals surface area contributed by atoms with Gasteiger partial charge in [-0.15, -0.1) is 5.92 Å². The number of ether oxygens (including phenoxy) is 1. The van der Waals surface area contributed by atoms with E-state index in [1.54, 1.807) is 0 Å². The van der Waals surface area contributed by atoms with E-state index >= 15 is 0 Å². The summed E-state index contributed by atoms with van der Waals surface area (Å²) in [6.07, 6.45) is 3.53. The van der Waals surface area contributed by atoms with E-state index in [2.05, 4.69) is 18.4 Å². The third kappa shape index (κ3) is 1.77. The molecule has 2 saturated carbocycles. The molecular formula is C14H15ClO2. The highest BCUT2D eigenvalue weighted by Crippen LogP contribution is 2.57. The van der Waals surface area contributed by atoms with Gasteiger partial charge in [-0.25, -0.2) is 4.79 Å². The molecule has 3 aliphatic rings. The van der Waals surface area contributed by atoms with Crippen molar-refractivity contribution < 1.29 is 9.53 Å². The third-order valence-corrected chi connectivity index (χ3v) is 4.72. The first kappa shape index (κ1) is 11.2. The topological polar surface area (TPSA) is 26.3 Å². The van der Waals surface area contributed by atoms with E-state index in [0.717, 1.165) is 18.3 Å². The lowest BCUT2D eigenvalue weighted by atomic mass is 9.76. The molecule has 90 valence electrons. The number of esters is 1. The Morgan fingerprint density at radius 2 is 2.24 bits per heavy atom. The average Bonchev–Trinajstić information content (AvgIpc) is 2.96. The van der Waals surface area contributed by atoms with Gasteiger partial charge in [0.05, 0.1) is 6.61 Å². The molecule has 2 nitrogen and oxygen atoms in total. The van der Waals surface area contributed by atoms with Crippen LogP contribution >= 0.6 is 11.6 Å². The van der Waals surface area contributed by atoms with Gasteiger partial charge >= 0.3 is 5.97 Å². The van der Waals surface area contributed by atoms with Crippen molar-refractivity contribution >= 4 is 17.6 Å². The Balaban J connectivity index is 1.59. The highest BCUT2D eigenvalue weighted by Gasteiger charge is 2.52. The molecule has 0 aromatic rings. The summed E-state index contributed by atoms with van der Waals surface area (Å²) < 4.78 is 5.17. The van der Waals surface area contributed by atoms with Crippen LogP contribution in [0.25, 0.3) is 0 Å². The first-order valence-corrected chi connectivity index (χ1v) is 6.54. The summed E-state index contributed by atoms with van der Waals surface area (Å²) >= 11 is 5.49. The Morgan fingerprint density at radius 3 is 3.00 bits per heavy atom. The number of carbonyl (C=O) groups excluding carboxylic acids is 1. The molecule has 5 unspecified atom stereocenters. The summed E-state index contributed by atoms with van der Waals surface area (Å²) in [6.45, 7) is 3.85. The fraction of sp³-hybridized carbons (Fsp3) is 0.643. The van der Waals surface area contributed by atoms with Crippen LogP contribution in [0.5, 0.6) is 0 Å². The van der Waals surface area contributed by atoms with Crippen molar-refractivity contribution in [3.05, 3.63) is 11.6 Å². The largest absolute Gasteiger partial charge is 0.461 e. The molecule has 0 aromatic heterocycles. The Labute approximate surface area is 106 Å². The van der Waals surface area contributed by atoms with Crippen LogP contribution in [0, 0.1) is 41.4 Å². The molecule has 2 fully saturated rings. The number of hydrogen-bond donors (Lipinski definition) is 0. The van der Waals surface area contributed by atoms with E-state index in [1.165, 1.54) is 12.8 Å². The van der Waals surface area contributed by atoms with Crippen LogP contribution in [0.1, 0.15) is 19.3 Å². The summed E-state index contributed by atoms with van der Waals surface area (Å²) in [5, 5.41) is -0.0355. The van der Waals surface area contributed by atoms with Crippen LogP contribution in [0.4, 0.5) is 0 Å². The fourth-order valence-electron chi connectivity index (χ4n) is 3.86. The van der Waals surface area contributed by atoms with Crippen LogP contribution in [0.2, 0.25) is 0 Å². The lowest BCUT2D eigenvalue weighted by Crippen LogP contribution is -2.28. The number of rotatable bonds is 3. The normalized spacial score (nSPS) is 40.6. The summed E-state index contributed by atoms with van der Waals surface area (Å²) in [5.74, 6) is 9.35. The van der Waals surface area contributed by atoms with Crippen LogP contribution in [-0.4, -0.2) is 12.6 Å². The molecule has 0 heterocycles. The van der Waals surface area contributed by atoms with Gasteiger partial charge in [-0.1, -0.05) is 24.1 Å². The first-order valence-electron chi connectivity index (χ1n) is 6.16. The number of hydrogen-bond acceptors (Lipinski definition) is 2. The molecule has 0 amide bonds. The quantitative estimate of drug-likeness (QED) is 0.437. The minimum absolute atomic E-state index is 0.0355.